The number of hydrogen-bond acceptors (Lipinski definition) is 4. The maximum absolute atomic E-state index is 14.0. The molecular weight excluding hydrogens is 433 g/mol. The number of carbonyl (C=O) groups is 2. The first-order valence-corrected chi connectivity index (χ1v) is 11.3. The maximum atomic E-state index is 14.0. The number of amides is 2. The van der Waals surface area contributed by atoms with E-state index >= 15 is 0 Å². The first-order valence-electron chi connectivity index (χ1n) is 11.3. The molecule has 0 fully saturated rings. The summed E-state index contributed by atoms with van der Waals surface area (Å²) < 4.78 is 19.2. The van der Waals surface area contributed by atoms with Crippen molar-refractivity contribution in [3.8, 4) is 0 Å². The third-order valence-electron chi connectivity index (χ3n) is 6.62. The highest BCUT2D eigenvalue weighted by molar-refractivity contribution is 6.02. The molecule has 1 unspecified atom stereocenters. The first kappa shape index (κ1) is 21.9. The Morgan fingerprint density at radius 1 is 1.09 bits per heavy atom. The molecule has 34 heavy (non-hydrogen) atoms. The van der Waals surface area contributed by atoms with Crippen LogP contribution in [0.2, 0.25) is 0 Å². The van der Waals surface area contributed by atoms with Crippen molar-refractivity contribution < 1.29 is 18.4 Å². The van der Waals surface area contributed by atoms with Crippen LogP contribution in [0.3, 0.4) is 0 Å². The number of furan rings is 1. The van der Waals surface area contributed by atoms with Crippen LogP contribution in [0.5, 0.6) is 0 Å². The third-order valence-corrected chi connectivity index (χ3v) is 6.62. The second-order valence-electron chi connectivity index (χ2n) is 9.07. The van der Waals surface area contributed by atoms with Crippen molar-refractivity contribution in [2.24, 2.45) is 0 Å². The minimum absolute atomic E-state index is 0.142. The monoisotopic (exact) mass is 459 g/mol. The van der Waals surface area contributed by atoms with Gasteiger partial charge < -0.3 is 19.5 Å². The molecule has 2 aliphatic heterocycles. The lowest BCUT2D eigenvalue weighted by molar-refractivity contribution is -0.130. The molecule has 2 aliphatic rings. The summed E-state index contributed by atoms with van der Waals surface area (Å²) in [5.74, 6) is -0.330. The highest BCUT2D eigenvalue weighted by Crippen LogP contribution is 2.44. The van der Waals surface area contributed by atoms with Gasteiger partial charge in [0.25, 0.3) is 11.8 Å². The minimum atomic E-state index is -0.704. The topological polar surface area (TPSA) is 65.8 Å². The molecule has 0 bridgehead atoms. The van der Waals surface area contributed by atoms with Gasteiger partial charge in [-0.3, -0.25) is 9.59 Å². The molecule has 0 saturated carbocycles. The van der Waals surface area contributed by atoms with Crippen LogP contribution in [0.1, 0.15) is 41.6 Å². The molecule has 174 valence electrons. The Balaban J connectivity index is 1.58. The van der Waals surface area contributed by atoms with Crippen LogP contribution in [-0.2, 0) is 11.3 Å². The van der Waals surface area contributed by atoms with E-state index in [1.54, 1.807) is 23.3 Å². The smallest absolute Gasteiger partial charge is 0.255 e. The van der Waals surface area contributed by atoms with Gasteiger partial charge in [-0.25, -0.2) is 4.39 Å². The maximum Gasteiger partial charge on any atom is 0.255 e. The fraction of sp³-hybridized carbons (Fsp3) is 0.259. The first-order chi connectivity index (χ1) is 16.4. The van der Waals surface area contributed by atoms with Crippen molar-refractivity contribution in [3.05, 3.63) is 107 Å². The van der Waals surface area contributed by atoms with Gasteiger partial charge in [-0.1, -0.05) is 30.3 Å². The summed E-state index contributed by atoms with van der Waals surface area (Å²) in [7, 11) is 0. The van der Waals surface area contributed by atoms with Crippen molar-refractivity contribution in [1.82, 2.24) is 15.1 Å². The van der Waals surface area contributed by atoms with E-state index < -0.39 is 17.4 Å². The predicted molar refractivity (Wildman–Crippen MR) is 125 cm³/mol. The zero-order valence-electron chi connectivity index (χ0n) is 19.1. The standard InChI is InChI=1S/C27H26FN3O3/c1-27(2)24-22(26(33)31(27)17-18-7-4-3-5-8-18)23(21-9-6-16-34-21)30(15-14-29-24)25(32)19-10-12-20(28)13-11-19/h3-13,16,23,29H,14-15,17H2,1-2H3. The summed E-state index contributed by atoms with van der Waals surface area (Å²) in [6.45, 7) is 5.30. The average Bonchev–Trinajstić information content (AvgIpc) is 3.35. The summed E-state index contributed by atoms with van der Waals surface area (Å²) in [5.41, 5.74) is 2.07. The predicted octanol–water partition coefficient (Wildman–Crippen LogP) is 4.28. The van der Waals surface area contributed by atoms with E-state index in [2.05, 4.69) is 5.32 Å². The van der Waals surface area contributed by atoms with Crippen LogP contribution in [-0.4, -0.2) is 40.2 Å². The van der Waals surface area contributed by atoms with Gasteiger partial charge in [-0.15, -0.1) is 0 Å². The molecular formula is C27H26FN3O3. The molecule has 1 aromatic heterocycles. The van der Waals surface area contributed by atoms with Crippen LogP contribution in [0.15, 0.2) is 88.7 Å². The van der Waals surface area contributed by atoms with E-state index in [-0.39, 0.29) is 11.8 Å². The average molecular weight is 460 g/mol. The van der Waals surface area contributed by atoms with Crippen LogP contribution in [0, 0.1) is 5.82 Å². The number of rotatable bonds is 4. The molecule has 5 rings (SSSR count). The van der Waals surface area contributed by atoms with Gasteiger partial charge in [-0.05, 0) is 55.8 Å². The Hall–Kier alpha value is -3.87. The van der Waals surface area contributed by atoms with Gasteiger partial charge >= 0.3 is 0 Å². The Labute approximate surface area is 197 Å². The summed E-state index contributed by atoms with van der Waals surface area (Å²) in [6.07, 6.45) is 1.54. The molecule has 1 atom stereocenters. The summed E-state index contributed by atoms with van der Waals surface area (Å²) in [5, 5.41) is 3.44. The van der Waals surface area contributed by atoms with E-state index in [0.717, 1.165) is 11.3 Å². The molecule has 0 saturated heterocycles. The quantitative estimate of drug-likeness (QED) is 0.633. The zero-order chi connectivity index (χ0) is 23.9. The molecule has 0 spiro atoms. The van der Waals surface area contributed by atoms with Gasteiger partial charge in [0.15, 0.2) is 0 Å². The molecule has 2 aromatic carbocycles. The van der Waals surface area contributed by atoms with Crippen LogP contribution in [0.25, 0.3) is 0 Å². The third kappa shape index (κ3) is 3.67. The molecule has 1 N–H and O–H groups in total. The normalized spacial score (nSPS) is 19.6. The minimum Gasteiger partial charge on any atom is -0.467 e. The van der Waals surface area contributed by atoms with Crippen molar-refractivity contribution in [2.45, 2.75) is 32.0 Å². The number of nitrogens with one attached hydrogen (secondary N) is 1. The second kappa shape index (κ2) is 8.48. The van der Waals surface area contributed by atoms with Gasteiger partial charge in [0.1, 0.15) is 17.6 Å². The van der Waals surface area contributed by atoms with Gasteiger partial charge in [0.05, 0.1) is 17.4 Å². The lowest BCUT2D eigenvalue weighted by Crippen LogP contribution is -2.47. The van der Waals surface area contributed by atoms with E-state index in [0.29, 0.717) is 36.5 Å². The Kier molecular flexibility index (Phi) is 5.48. The van der Waals surface area contributed by atoms with E-state index in [1.807, 2.05) is 49.1 Å². The molecule has 0 radical (unpaired) electrons. The van der Waals surface area contributed by atoms with Gasteiger partial charge in [0.2, 0.25) is 0 Å². The molecule has 0 aliphatic carbocycles. The Morgan fingerprint density at radius 3 is 2.50 bits per heavy atom. The lowest BCUT2D eigenvalue weighted by Gasteiger charge is -2.35. The summed E-state index contributed by atoms with van der Waals surface area (Å²) in [6, 6.07) is 18.1. The summed E-state index contributed by atoms with van der Waals surface area (Å²) in [4.78, 5) is 31.0. The van der Waals surface area contributed by atoms with Crippen molar-refractivity contribution in [1.29, 1.82) is 0 Å². The molecule has 3 heterocycles. The Bertz CT molecular complexity index is 1230. The summed E-state index contributed by atoms with van der Waals surface area (Å²) >= 11 is 0. The van der Waals surface area contributed by atoms with E-state index in [9.17, 15) is 14.0 Å². The van der Waals surface area contributed by atoms with Crippen molar-refractivity contribution in [3.63, 3.8) is 0 Å². The van der Waals surface area contributed by atoms with Crippen LogP contribution in [0.4, 0.5) is 4.39 Å². The van der Waals surface area contributed by atoms with E-state index in [4.69, 9.17) is 4.42 Å². The Morgan fingerprint density at radius 2 is 1.82 bits per heavy atom. The number of benzene rings is 2. The highest BCUT2D eigenvalue weighted by Gasteiger charge is 2.51. The lowest BCUT2D eigenvalue weighted by atomic mass is 9.95. The number of carbonyl (C=O) groups excluding carboxylic acids is 2. The SMILES string of the molecule is CC1(C)C2=C(C(=O)N1Cc1ccccc1)C(c1ccco1)N(C(=O)c1ccc(F)cc1)CCN2. The van der Waals surface area contributed by atoms with Crippen LogP contribution < -0.4 is 5.32 Å². The number of hydrogen-bond donors (Lipinski definition) is 1. The zero-order valence-corrected chi connectivity index (χ0v) is 19.1. The molecule has 3 aromatic rings. The van der Waals surface area contributed by atoms with Crippen LogP contribution >= 0.6 is 0 Å². The number of nitrogens with zero attached hydrogens (tertiary/aromatic N) is 2. The highest BCUT2D eigenvalue weighted by atomic mass is 19.1. The van der Waals surface area contributed by atoms with E-state index in [1.165, 1.54) is 24.3 Å². The fourth-order valence-electron chi connectivity index (χ4n) is 4.88. The molecule has 7 heteroatoms. The second-order valence-corrected chi connectivity index (χ2v) is 9.07. The number of halogens is 1. The van der Waals surface area contributed by atoms with Gasteiger partial charge in [0, 0.05) is 30.9 Å². The fourth-order valence-corrected chi connectivity index (χ4v) is 4.88. The largest absolute Gasteiger partial charge is 0.467 e. The molecule has 6 nitrogen and oxygen atoms in total. The van der Waals surface area contributed by atoms with Gasteiger partial charge in [-0.2, -0.15) is 0 Å². The van der Waals surface area contributed by atoms with Crippen molar-refractivity contribution in [2.75, 3.05) is 13.1 Å². The van der Waals surface area contributed by atoms with Crippen molar-refractivity contribution >= 4 is 11.8 Å². The molecule has 2 amide bonds.